The Kier molecular flexibility index (Phi) is 4.94. The summed E-state index contributed by atoms with van der Waals surface area (Å²) in [6.07, 6.45) is 1.73. The second-order valence-electron chi connectivity index (χ2n) is 7.27. The van der Waals surface area contributed by atoms with Crippen molar-refractivity contribution in [3.05, 3.63) is 59.8 Å². The molecule has 29 heavy (non-hydrogen) atoms. The molecule has 0 spiro atoms. The van der Waals surface area contributed by atoms with Crippen LogP contribution in [0.15, 0.2) is 48.7 Å². The number of hydrogen-bond acceptors (Lipinski definition) is 5. The van der Waals surface area contributed by atoms with Gasteiger partial charge in [0.1, 0.15) is 6.54 Å². The first-order chi connectivity index (χ1) is 13.9. The molecule has 4 rings (SSSR count). The van der Waals surface area contributed by atoms with Crippen LogP contribution in [-0.2, 0) is 29.7 Å². The third-order valence-corrected chi connectivity index (χ3v) is 5.36. The molecule has 0 saturated heterocycles. The normalized spacial score (nSPS) is 13.4. The fourth-order valence-electron chi connectivity index (χ4n) is 3.70. The smallest absolute Gasteiger partial charge is 0.323 e. The van der Waals surface area contributed by atoms with E-state index in [-0.39, 0.29) is 19.0 Å². The van der Waals surface area contributed by atoms with Crippen LogP contribution in [0.2, 0.25) is 0 Å². The molecule has 0 unspecified atom stereocenters. The van der Waals surface area contributed by atoms with E-state index in [1.54, 1.807) is 27.8 Å². The summed E-state index contributed by atoms with van der Waals surface area (Å²) in [6, 6.07) is 13.7. The third-order valence-electron chi connectivity index (χ3n) is 5.36. The van der Waals surface area contributed by atoms with Gasteiger partial charge in [0, 0.05) is 38.3 Å². The summed E-state index contributed by atoms with van der Waals surface area (Å²) in [5, 5.41) is 18.0. The van der Waals surface area contributed by atoms with Crippen molar-refractivity contribution in [1.82, 2.24) is 19.8 Å². The van der Waals surface area contributed by atoms with Crippen molar-refractivity contribution < 1.29 is 14.7 Å². The number of anilines is 1. The molecule has 1 aromatic heterocycles. The maximum atomic E-state index is 12.9. The van der Waals surface area contributed by atoms with E-state index in [1.165, 1.54) is 11.1 Å². The van der Waals surface area contributed by atoms with Crippen molar-refractivity contribution in [2.75, 3.05) is 25.0 Å². The number of benzene rings is 2. The number of carbonyl (C=O) groups is 2. The van der Waals surface area contributed by atoms with Gasteiger partial charge in [-0.1, -0.05) is 24.3 Å². The Hall–Kier alpha value is -3.39. The Balaban J connectivity index is 1.51. The van der Waals surface area contributed by atoms with Gasteiger partial charge in [0.2, 0.25) is 0 Å². The number of amides is 1. The average Bonchev–Trinajstić information content (AvgIpc) is 3.30. The molecule has 8 heteroatoms. The fourth-order valence-corrected chi connectivity index (χ4v) is 3.70. The summed E-state index contributed by atoms with van der Waals surface area (Å²) in [4.78, 5) is 25.9. The van der Waals surface area contributed by atoms with E-state index in [0.29, 0.717) is 18.8 Å². The van der Waals surface area contributed by atoms with Crippen LogP contribution < -0.4 is 4.90 Å². The standard InChI is InChI=1S/C21H23N5O3/c1-23-19-8-7-18(9-17(19)10-22-23)25(14-21(28)29)13-20(27)24(2)26-11-15-5-3-4-6-16(15)12-26/h3-10H,11-14H2,1-2H3,(H,28,29). The highest BCUT2D eigenvalue weighted by Crippen LogP contribution is 2.24. The highest BCUT2D eigenvalue weighted by molar-refractivity contribution is 5.87. The van der Waals surface area contributed by atoms with Crippen LogP contribution in [-0.4, -0.2) is 56.9 Å². The van der Waals surface area contributed by atoms with Crippen LogP contribution in [0.4, 0.5) is 5.69 Å². The van der Waals surface area contributed by atoms with Crippen molar-refractivity contribution >= 4 is 28.5 Å². The molecule has 1 aliphatic heterocycles. The van der Waals surface area contributed by atoms with Crippen molar-refractivity contribution in [1.29, 1.82) is 0 Å². The zero-order chi connectivity index (χ0) is 20.5. The largest absolute Gasteiger partial charge is 0.480 e. The van der Waals surface area contributed by atoms with E-state index in [4.69, 9.17) is 0 Å². The highest BCUT2D eigenvalue weighted by atomic mass is 16.4. The second-order valence-corrected chi connectivity index (χ2v) is 7.27. The van der Waals surface area contributed by atoms with Crippen LogP contribution in [0.3, 0.4) is 0 Å². The minimum atomic E-state index is -0.986. The van der Waals surface area contributed by atoms with Crippen LogP contribution in [0, 0.1) is 0 Å². The number of fused-ring (bicyclic) bond motifs is 2. The first-order valence-corrected chi connectivity index (χ1v) is 9.39. The monoisotopic (exact) mass is 393 g/mol. The molecule has 1 aliphatic rings. The van der Waals surface area contributed by atoms with Gasteiger partial charge in [-0.3, -0.25) is 19.3 Å². The lowest BCUT2D eigenvalue weighted by molar-refractivity contribution is -0.145. The molecule has 1 amide bonds. The Morgan fingerprint density at radius 1 is 1.10 bits per heavy atom. The van der Waals surface area contributed by atoms with Crippen LogP contribution >= 0.6 is 0 Å². The number of aryl methyl sites for hydroxylation is 1. The van der Waals surface area contributed by atoms with Crippen molar-refractivity contribution in [2.24, 2.45) is 7.05 Å². The van der Waals surface area contributed by atoms with E-state index in [9.17, 15) is 14.7 Å². The Labute approximate surface area is 168 Å². The fraction of sp³-hybridized carbons (Fsp3) is 0.286. The van der Waals surface area contributed by atoms with E-state index in [2.05, 4.69) is 17.2 Å². The van der Waals surface area contributed by atoms with Gasteiger partial charge in [0.25, 0.3) is 5.91 Å². The first kappa shape index (κ1) is 18.9. The van der Waals surface area contributed by atoms with Crippen molar-refractivity contribution in [3.8, 4) is 0 Å². The van der Waals surface area contributed by atoms with Gasteiger partial charge in [-0.05, 0) is 29.3 Å². The van der Waals surface area contributed by atoms with Crippen LogP contribution in [0.5, 0.6) is 0 Å². The number of rotatable bonds is 6. The molecule has 0 aliphatic carbocycles. The number of nitrogens with zero attached hydrogens (tertiary/aromatic N) is 5. The number of carboxylic acid groups (broad SMARTS) is 1. The molecule has 2 heterocycles. The molecule has 0 radical (unpaired) electrons. The molecule has 0 saturated carbocycles. The molecule has 0 bridgehead atoms. The van der Waals surface area contributed by atoms with Gasteiger partial charge in [-0.25, -0.2) is 5.01 Å². The minimum absolute atomic E-state index is 0.0264. The summed E-state index contributed by atoms with van der Waals surface area (Å²) in [5.41, 5.74) is 4.04. The number of aliphatic carboxylic acids is 1. The number of hydrazine groups is 1. The lowest BCUT2D eigenvalue weighted by Crippen LogP contribution is -2.46. The summed E-state index contributed by atoms with van der Waals surface area (Å²) < 4.78 is 1.75. The SMILES string of the molecule is CN(C(=O)CN(CC(=O)O)c1ccc2c(cnn2C)c1)N1Cc2ccccc2C1. The second kappa shape index (κ2) is 7.56. The molecule has 0 atom stereocenters. The van der Waals surface area contributed by atoms with Gasteiger partial charge >= 0.3 is 5.97 Å². The predicted octanol–water partition coefficient (Wildman–Crippen LogP) is 1.85. The zero-order valence-corrected chi connectivity index (χ0v) is 16.4. The molecule has 2 aromatic carbocycles. The first-order valence-electron chi connectivity index (χ1n) is 9.39. The topological polar surface area (TPSA) is 81.9 Å². The number of aromatic nitrogens is 2. The van der Waals surface area contributed by atoms with E-state index < -0.39 is 5.97 Å². The summed E-state index contributed by atoms with van der Waals surface area (Å²) >= 11 is 0. The van der Waals surface area contributed by atoms with Crippen molar-refractivity contribution in [2.45, 2.75) is 13.1 Å². The maximum absolute atomic E-state index is 12.9. The quantitative estimate of drug-likeness (QED) is 0.688. The van der Waals surface area contributed by atoms with Gasteiger partial charge in [0.15, 0.2) is 0 Å². The minimum Gasteiger partial charge on any atom is -0.480 e. The zero-order valence-electron chi connectivity index (χ0n) is 16.4. The van der Waals surface area contributed by atoms with Gasteiger partial charge < -0.3 is 10.0 Å². The van der Waals surface area contributed by atoms with Crippen LogP contribution in [0.25, 0.3) is 10.9 Å². The molecule has 8 nitrogen and oxygen atoms in total. The van der Waals surface area contributed by atoms with E-state index in [0.717, 1.165) is 10.9 Å². The Bertz CT molecular complexity index is 1050. The van der Waals surface area contributed by atoms with Crippen molar-refractivity contribution in [3.63, 3.8) is 0 Å². The number of carboxylic acids is 1. The summed E-state index contributed by atoms with van der Waals surface area (Å²) in [5.74, 6) is -1.15. The maximum Gasteiger partial charge on any atom is 0.323 e. The van der Waals surface area contributed by atoms with E-state index in [1.807, 2.05) is 42.4 Å². The van der Waals surface area contributed by atoms with Gasteiger partial charge in [-0.2, -0.15) is 5.10 Å². The Morgan fingerprint density at radius 3 is 2.45 bits per heavy atom. The Morgan fingerprint density at radius 2 is 1.79 bits per heavy atom. The summed E-state index contributed by atoms with van der Waals surface area (Å²) in [6.45, 7) is 1.05. The molecule has 150 valence electrons. The number of likely N-dealkylation sites (N-methyl/N-ethyl adjacent to an activating group) is 1. The lowest BCUT2D eigenvalue weighted by atomic mass is 10.1. The molecular formula is C21H23N5O3. The third kappa shape index (κ3) is 3.79. The molecule has 1 N–H and O–H groups in total. The van der Waals surface area contributed by atoms with E-state index >= 15 is 0 Å². The summed E-state index contributed by atoms with van der Waals surface area (Å²) in [7, 11) is 3.58. The number of hydrogen-bond donors (Lipinski definition) is 1. The average molecular weight is 393 g/mol. The molecule has 0 fully saturated rings. The molecule has 3 aromatic rings. The number of carbonyl (C=O) groups excluding carboxylic acids is 1. The molecular weight excluding hydrogens is 370 g/mol. The predicted molar refractivity (Wildman–Crippen MR) is 109 cm³/mol. The van der Waals surface area contributed by atoms with Gasteiger partial charge in [0.05, 0.1) is 18.3 Å². The van der Waals surface area contributed by atoms with Crippen LogP contribution in [0.1, 0.15) is 11.1 Å². The lowest BCUT2D eigenvalue weighted by Gasteiger charge is -2.31. The van der Waals surface area contributed by atoms with Gasteiger partial charge in [-0.15, -0.1) is 0 Å². The highest BCUT2D eigenvalue weighted by Gasteiger charge is 2.26.